The lowest BCUT2D eigenvalue weighted by Crippen LogP contribution is -2.20. The van der Waals surface area contributed by atoms with Gasteiger partial charge in [-0.3, -0.25) is 0 Å². The summed E-state index contributed by atoms with van der Waals surface area (Å²) < 4.78 is 6.25. The molecule has 1 heteroatoms. The quantitative estimate of drug-likeness (QED) is 0.740. The Hall–Kier alpha value is -1.86. The van der Waals surface area contributed by atoms with Crippen molar-refractivity contribution < 1.29 is 4.74 Å². The fourth-order valence-electron chi connectivity index (χ4n) is 2.76. The second-order valence-electron chi connectivity index (χ2n) is 5.81. The molecule has 1 nitrogen and oxygen atoms in total. The predicted octanol–water partition coefficient (Wildman–Crippen LogP) is 5.01. The zero-order chi connectivity index (χ0) is 14.0. The lowest BCUT2D eigenvalue weighted by atomic mass is 9.93. The smallest absolute Gasteiger partial charge is 0.0874 e. The normalized spacial score (nSPS) is 23.1. The molecular weight excluding hydrogens is 244 g/mol. The Morgan fingerprint density at radius 3 is 2.20 bits per heavy atom. The van der Waals surface area contributed by atoms with Gasteiger partial charge in [-0.2, -0.15) is 0 Å². The molecule has 2 aromatic carbocycles. The average Bonchev–Trinajstić information content (AvgIpc) is 2.76. The van der Waals surface area contributed by atoms with Crippen LogP contribution in [0.15, 0.2) is 66.2 Å². The molecule has 102 valence electrons. The van der Waals surface area contributed by atoms with Gasteiger partial charge in [-0.05, 0) is 30.5 Å². The van der Waals surface area contributed by atoms with Gasteiger partial charge in [-0.25, -0.2) is 0 Å². The topological polar surface area (TPSA) is 9.23 Å². The Morgan fingerprint density at radius 1 is 0.950 bits per heavy atom. The molecule has 3 rings (SSSR count). The Morgan fingerprint density at radius 2 is 1.55 bits per heavy atom. The highest BCUT2D eigenvalue weighted by molar-refractivity contribution is 5.56. The number of hydrogen-bond acceptors (Lipinski definition) is 1. The average molecular weight is 264 g/mol. The van der Waals surface area contributed by atoms with Crippen LogP contribution in [0.1, 0.15) is 37.5 Å². The third-order valence-corrected chi connectivity index (χ3v) is 3.93. The third kappa shape index (κ3) is 2.68. The second kappa shape index (κ2) is 5.26. The fourth-order valence-corrected chi connectivity index (χ4v) is 2.76. The van der Waals surface area contributed by atoms with Gasteiger partial charge in [0.2, 0.25) is 0 Å². The molecule has 1 saturated heterocycles. The van der Waals surface area contributed by atoms with E-state index in [2.05, 4.69) is 68.5 Å². The highest BCUT2D eigenvalue weighted by atomic mass is 16.5. The highest BCUT2D eigenvalue weighted by Crippen LogP contribution is 2.43. The molecule has 0 aromatic heterocycles. The van der Waals surface area contributed by atoms with Crippen LogP contribution < -0.4 is 0 Å². The van der Waals surface area contributed by atoms with E-state index in [1.54, 1.807) is 0 Å². The van der Waals surface area contributed by atoms with Crippen molar-refractivity contribution in [1.82, 2.24) is 0 Å². The third-order valence-electron chi connectivity index (χ3n) is 3.93. The van der Waals surface area contributed by atoms with Gasteiger partial charge in [0.15, 0.2) is 0 Å². The van der Waals surface area contributed by atoms with Crippen molar-refractivity contribution in [2.75, 3.05) is 0 Å². The van der Waals surface area contributed by atoms with E-state index in [9.17, 15) is 0 Å². The van der Waals surface area contributed by atoms with E-state index in [4.69, 9.17) is 4.74 Å². The van der Waals surface area contributed by atoms with Crippen LogP contribution >= 0.6 is 0 Å². The SMILES string of the molecule is CC1(C)OC(c2ccccc2)C/C1=C\c1ccccc1. The summed E-state index contributed by atoms with van der Waals surface area (Å²) in [5.74, 6) is 0. The number of hydrogen-bond donors (Lipinski definition) is 0. The molecule has 2 aromatic rings. The number of rotatable bonds is 2. The Labute approximate surface area is 120 Å². The van der Waals surface area contributed by atoms with Crippen LogP contribution in [0.4, 0.5) is 0 Å². The van der Waals surface area contributed by atoms with Crippen molar-refractivity contribution in [2.24, 2.45) is 0 Å². The summed E-state index contributed by atoms with van der Waals surface area (Å²) in [7, 11) is 0. The van der Waals surface area contributed by atoms with Crippen LogP contribution in [-0.2, 0) is 4.74 Å². The summed E-state index contributed by atoms with van der Waals surface area (Å²) in [6.07, 6.45) is 3.40. The van der Waals surface area contributed by atoms with E-state index in [1.807, 2.05) is 12.1 Å². The lowest BCUT2D eigenvalue weighted by Gasteiger charge is -2.21. The first-order chi connectivity index (χ1) is 9.65. The molecule has 0 amide bonds. The summed E-state index contributed by atoms with van der Waals surface area (Å²) in [4.78, 5) is 0. The lowest BCUT2D eigenvalue weighted by molar-refractivity contribution is -0.00408. The largest absolute Gasteiger partial charge is 0.363 e. The van der Waals surface area contributed by atoms with Crippen LogP contribution in [-0.4, -0.2) is 5.60 Å². The molecule has 0 spiro atoms. The van der Waals surface area contributed by atoms with Crippen LogP contribution in [0.2, 0.25) is 0 Å². The number of benzene rings is 2. The van der Waals surface area contributed by atoms with Crippen molar-refractivity contribution in [3.8, 4) is 0 Å². The fraction of sp³-hybridized carbons (Fsp3) is 0.263. The van der Waals surface area contributed by atoms with Crippen molar-refractivity contribution in [1.29, 1.82) is 0 Å². The molecule has 0 saturated carbocycles. The molecule has 0 radical (unpaired) electrons. The van der Waals surface area contributed by atoms with Crippen LogP contribution in [0.25, 0.3) is 6.08 Å². The van der Waals surface area contributed by atoms with E-state index < -0.39 is 0 Å². The molecule has 0 aliphatic carbocycles. The van der Waals surface area contributed by atoms with Crippen molar-refractivity contribution >= 4 is 6.08 Å². The molecule has 0 N–H and O–H groups in total. The molecule has 1 aliphatic rings. The van der Waals surface area contributed by atoms with Gasteiger partial charge in [-0.1, -0.05) is 66.7 Å². The molecule has 1 fully saturated rings. The molecule has 1 atom stereocenters. The first kappa shape index (κ1) is 13.1. The maximum absolute atomic E-state index is 6.25. The van der Waals surface area contributed by atoms with Gasteiger partial charge in [0.05, 0.1) is 11.7 Å². The predicted molar refractivity (Wildman–Crippen MR) is 83.4 cm³/mol. The summed E-state index contributed by atoms with van der Waals surface area (Å²) >= 11 is 0. The van der Waals surface area contributed by atoms with E-state index in [1.165, 1.54) is 16.7 Å². The van der Waals surface area contributed by atoms with Crippen molar-refractivity contribution in [3.63, 3.8) is 0 Å². The summed E-state index contributed by atoms with van der Waals surface area (Å²) in [5.41, 5.74) is 3.67. The van der Waals surface area contributed by atoms with E-state index in [-0.39, 0.29) is 11.7 Å². The summed E-state index contributed by atoms with van der Waals surface area (Å²) in [6.45, 7) is 4.31. The molecular formula is C19H20O. The van der Waals surface area contributed by atoms with Crippen LogP contribution in [0.5, 0.6) is 0 Å². The van der Waals surface area contributed by atoms with Crippen LogP contribution in [0, 0.1) is 0 Å². The summed E-state index contributed by atoms with van der Waals surface area (Å²) in [5, 5.41) is 0. The molecule has 1 aliphatic heterocycles. The van der Waals surface area contributed by atoms with Gasteiger partial charge in [0, 0.05) is 6.42 Å². The minimum absolute atomic E-state index is 0.168. The van der Waals surface area contributed by atoms with Gasteiger partial charge in [0.1, 0.15) is 0 Å². The van der Waals surface area contributed by atoms with Gasteiger partial charge >= 0.3 is 0 Å². The maximum Gasteiger partial charge on any atom is 0.0874 e. The first-order valence-electron chi connectivity index (χ1n) is 7.14. The molecule has 20 heavy (non-hydrogen) atoms. The van der Waals surface area contributed by atoms with Crippen LogP contribution in [0.3, 0.4) is 0 Å². The molecule has 1 unspecified atom stereocenters. The Kier molecular flexibility index (Phi) is 3.45. The van der Waals surface area contributed by atoms with E-state index >= 15 is 0 Å². The maximum atomic E-state index is 6.25. The standard InChI is InChI=1S/C19H20O/c1-19(2)17(13-15-9-5-3-6-10-15)14-18(20-19)16-11-7-4-8-12-16/h3-13,18H,14H2,1-2H3/b17-13+. The highest BCUT2D eigenvalue weighted by Gasteiger charge is 2.37. The zero-order valence-electron chi connectivity index (χ0n) is 12.0. The van der Waals surface area contributed by atoms with E-state index in [0.29, 0.717) is 0 Å². The second-order valence-corrected chi connectivity index (χ2v) is 5.81. The van der Waals surface area contributed by atoms with Gasteiger partial charge < -0.3 is 4.74 Å². The zero-order valence-corrected chi connectivity index (χ0v) is 12.0. The van der Waals surface area contributed by atoms with Gasteiger partial charge in [0.25, 0.3) is 0 Å². The summed E-state index contributed by atoms with van der Waals surface area (Å²) in [6, 6.07) is 21.0. The van der Waals surface area contributed by atoms with Crippen molar-refractivity contribution in [3.05, 3.63) is 77.4 Å². The number of ether oxygens (including phenoxy) is 1. The van der Waals surface area contributed by atoms with E-state index in [0.717, 1.165) is 6.42 Å². The molecule has 1 heterocycles. The Balaban J connectivity index is 1.88. The monoisotopic (exact) mass is 264 g/mol. The van der Waals surface area contributed by atoms with Crippen molar-refractivity contribution in [2.45, 2.75) is 32.0 Å². The molecule has 0 bridgehead atoms. The van der Waals surface area contributed by atoms with Gasteiger partial charge in [-0.15, -0.1) is 0 Å². The Bertz CT molecular complexity index is 596. The minimum Gasteiger partial charge on any atom is -0.363 e. The first-order valence-corrected chi connectivity index (χ1v) is 7.14. The minimum atomic E-state index is -0.198.